The fourth-order valence-electron chi connectivity index (χ4n) is 2.28. The van der Waals surface area contributed by atoms with Crippen LogP contribution in [0.1, 0.15) is 11.3 Å². The van der Waals surface area contributed by atoms with Crippen LogP contribution in [-0.4, -0.2) is 0 Å². The number of halogens is 1. The molecule has 0 fully saturated rings. The second kappa shape index (κ2) is 5.59. The molecule has 98 valence electrons. The van der Waals surface area contributed by atoms with Crippen LogP contribution in [0, 0.1) is 0 Å². The Hall–Kier alpha value is -1.93. The van der Waals surface area contributed by atoms with Gasteiger partial charge in [0, 0.05) is 28.1 Å². The molecular formula is C18H15BrN+. The predicted octanol–water partition coefficient (Wildman–Crippen LogP) is 4.60. The number of aromatic nitrogens is 1. The summed E-state index contributed by atoms with van der Waals surface area (Å²) < 4.78 is 3.32. The molecule has 0 bridgehead atoms. The number of para-hydroxylation sites is 1. The summed E-state index contributed by atoms with van der Waals surface area (Å²) in [6, 6.07) is 21.0. The van der Waals surface area contributed by atoms with E-state index in [0.717, 1.165) is 4.47 Å². The second-order valence-electron chi connectivity index (χ2n) is 4.76. The summed E-state index contributed by atoms with van der Waals surface area (Å²) >= 11 is 3.45. The van der Waals surface area contributed by atoms with Gasteiger partial charge in [-0.15, -0.1) is 0 Å². The highest BCUT2D eigenvalue weighted by molar-refractivity contribution is 9.10. The average Bonchev–Trinajstić information content (AvgIpc) is 2.49. The summed E-state index contributed by atoms with van der Waals surface area (Å²) in [5, 5.41) is 1.26. The van der Waals surface area contributed by atoms with E-state index in [9.17, 15) is 0 Å². The number of benzene rings is 2. The lowest BCUT2D eigenvalue weighted by Gasteiger charge is -2.00. The maximum atomic E-state index is 3.45. The van der Waals surface area contributed by atoms with Gasteiger partial charge in [0.25, 0.3) is 0 Å². The van der Waals surface area contributed by atoms with Gasteiger partial charge in [0.05, 0.1) is 0 Å². The lowest BCUT2D eigenvalue weighted by molar-refractivity contribution is -0.646. The number of nitrogens with zero attached hydrogens (tertiary/aromatic N) is 1. The topological polar surface area (TPSA) is 3.88 Å². The summed E-state index contributed by atoms with van der Waals surface area (Å²) in [4.78, 5) is 0. The number of rotatable bonds is 2. The van der Waals surface area contributed by atoms with Crippen LogP contribution in [0.25, 0.3) is 23.1 Å². The minimum Gasteiger partial charge on any atom is -0.195 e. The minimum absolute atomic E-state index is 1.10. The molecule has 0 saturated heterocycles. The molecule has 2 heteroatoms. The zero-order chi connectivity index (χ0) is 13.9. The maximum absolute atomic E-state index is 3.45. The zero-order valence-electron chi connectivity index (χ0n) is 11.3. The Balaban J connectivity index is 1.98. The molecule has 2 aromatic carbocycles. The molecule has 1 heterocycles. The Morgan fingerprint density at radius 3 is 2.40 bits per heavy atom. The fraction of sp³-hybridized carbons (Fsp3) is 0.0556. The molecule has 0 radical (unpaired) electrons. The lowest BCUT2D eigenvalue weighted by Crippen LogP contribution is -2.32. The van der Waals surface area contributed by atoms with Crippen LogP contribution in [0.5, 0.6) is 0 Å². The highest BCUT2D eigenvalue weighted by Crippen LogP contribution is 2.14. The van der Waals surface area contributed by atoms with Crippen LogP contribution in [-0.2, 0) is 7.05 Å². The van der Waals surface area contributed by atoms with Crippen LogP contribution in [0.15, 0.2) is 65.1 Å². The number of hydrogen-bond donors (Lipinski definition) is 0. The second-order valence-corrected chi connectivity index (χ2v) is 5.68. The van der Waals surface area contributed by atoms with Crippen LogP contribution in [0.2, 0.25) is 0 Å². The Morgan fingerprint density at radius 1 is 0.850 bits per heavy atom. The van der Waals surface area contributed by atoms with Gasteiger partial charge in [0.2, 0.25) is 11.2 Å². The quantitative estimate of drug-likeness (QED) is 0.607. The smallest absolute Gasteiger partial charge is 0.195 e. The third-order valence-electron chi connectivity index (χ3n) is 3.44. The molecule has 0 spiro atoms. The van der Waals surface area contributed by atoms with Crippen molar-refractivity contribution in [1.82, 2.24) is 0 Å². The summed E-state index contributed by atoms with van der Waals surface area (Å²) in [6.45, 7) is 0. The molecule has 0 aliphatic carbocycles. The molecule has 0 aliphatic heterocycles. The molecule has 0 aliphatic rings. The standard InChI is InChI=1S/C18H15BrN/c1-20-17(12-8-14-6-10-16(19)11-7-14)13-9-15-4-2-3-5-18(15)20/h2-13H,1H3/q+1. The summed E-state index contributed by atoms with van der Waals surface area (Å²) in [5.41, 5.74) is 3.62. The van der Waals surface area contributed by atoms with Crippen molar-refractivity contribution in [3.8, 4) is 0 Å². The van der Waals surface area contributed by atoms with Crippen LogP contribution in [0.3, 0.4) is 0 Å². The van der Waals surface area contributed by atoms with Crippen molar-refractivity contribution in [2.75, 3.05) is 0 Å². The van der Waals surface area contributed by atoms with Gasteiger partial charge >= 0.3 is 0 Å². The highest BCUT2D eigenvalue weighted by atomic mass is 79.9. The van der Waals surface area contributed by atoms with E-state index in [1.54, 1.807) is 0 Å². The molecule has 1 nitrogen and oxygen atoms in total. The SMILES string of the molecule is C[n+]1c(C=Cc2ccc(Br)cc2)ccc2ccccc21. The largest absolute Gasteiger partial charge is 0.212 e. The van der Waals surface area contributed by atoms with Gasteiger partial charge in [0.15, 0.2) is 0 Å². The summed E-state index contributed by atoms with van der Waals surface area (Å²) in [7, 11) is 2.10. The highest BCUT2D eigenvalue weighted by Gasteiger charge is 2.07. The maximum Gasteiger partial charge on any atom is 0.212 e. The molecule has 20 heavy (non-hydrogen) atoms. The number of fused-ring (bicyclic) bond motifs is 1. The number of aryl methyl sites for hydroxylation is 1. The van der Waals surface area contributed by atoms with E-state index in [0.29, 0.717) is 0 Å². The molecule has 3 aromatic rings. The molecule has 0 saturated carbocycles. The van der Waals surface area contributed by atoms with E-state index < -0.39 is 0 Å². The minimum atomic E-state index is 1.10. The molecule has 3 rings (SSSR count). The van der Waals surface area contributed by atoms with Crippen molar-refractivity contribution in [3.05, 3.63) is 76.4 Å². The van der Waals surface area contributed by atoms with Gasteiger partial charge in [-0.25, -0.2) is 0 Å². The van der Waals surface area contributed by atoms with Gasteiger partial charge in [0.1, 0.15) is 7.05 Å². The Kier molecular flexibility index (Phi) is 3.66. The van der Waals surface area contributed by atoms with Gasteiger partial charge in [-0.1, -0.05) is 40.2 Å². The lowest BCUT2D eigenvalue weighted by atomic mass is 10.1. The third-order valence-corrected chi connectivity index (χ3v) is 3.96. The molecule has 0 atom stereocenters. The van der Waals surface area contributed by atoms with E-state index in [1.807, 2.05) is 0 Å². The predicted molar refractivity (Wildman–Crippen MR) is 88.2 cm³/mol. The van der Waals surface area contributed by atoms with E-state index in [1.165, 1.54) is 22.2 Å². The Labute approximate surface area is 127 Å². The number of pyridine rings is 1. The van der Waals surface area contributed by atoms with E-state index in [-0.39, 0.29) is 0 Å². The van der Waals surface area contributed by atoms with Gasteiger partial charge < -0.3 is 0 Å². The van der Waals surface area contributed by atoms with Crippen molar-refractivity contribution in [1.29, 1.82) is 0 Å². The van der Waals surface area contributed by atoms with Crippen molar-refractivity contribution in [3.63, 3.8) is 0 Å². The molecule has 1 aromatic heterocycles. The first-order chi connectivity index (χ1) is 9.74. The molecule has 0 amide bonds. The fourth-order valence-corrected chi connectivity index (χ4v) is 2.55. The zero-order valence-corrected chi connectivity index (χ0v) is 12.8. The molecular weight excluding hydrogens is 310 g/mol. The Morgan fingerprint density at radius 2 is 1.60 bits per heavy atom. The summed E-state index contributed by atoms with van der Waals surface area (Å²) in [5.74, 6) is 0. The van der Waals surface area contributed by atoms with Crippen molar-refractivity contribution in [2.24, 2.45) is 7.05 Å². The van der Waals surface area contributed by atoms with Gasteiger partial charge in [-0.05, 0) is 35.9 Å². The molecule has 0 N–H and O–H groups in total. The van der Waals surface area contributed by atoms with Gasteiger partial charge in [-0.3, -0.25) is 0 Å². The van der Waals surface area contributed by atoms with E-state index >= 15 is 0 Å². The van der Waals surface area contributed by atoms with E-state index in [2.05, 4.69) is 100 Å². The van der Waals surface area contributed by atoms with Crippen molar-refractivity contribution in [2.45, 2.75) is 0 Å². The van der Waals surface area contributed by atoms with Crippen molar-refractivity contribution >= 4 is 39.0 Å². The van der Waals surface area contributed by atoms with Crippen molar-refractivity contribution < 1.29 is 4.57 Å². The average molecular weight is 325 g/mol. The first kappa shape index (κ1) is 13.1. The normalized spacial score (nSPS) is 11.3. The first-order valence-electron chi connectivity index (χ1n) is 6.55. The summed E-state index contributed by atoms with van der Waals surface area (Å²) in [6.07, 6.45) is 4.28. The van der Waals surface area contributed by atoms with Crippen LogP contribution < -0.4 is 4.57 Å². The van der Waals surface area contributed by atoms with Crippen LogP contribution in [0.4, 0.5) is 0 Å². The number of hydrogen-bond acceptors (Lipinski definition) is 0. The first-order valence-corrected chi connectivity index (χ1v) is 7.35. The third kappa shape index (κ3) is 2.66. The van der Waals surface area contributed by atoms with Gasteiger partial charge in [-0.2, -0.15) is 4.57 Å². The Bertz CT molecular complexity index is 773. The van der Waals surface area contributed by atoms with E-state index in [4.69, 9.17) is 0 Å². The van der Waals surface area contributed by atoms with Crippen LogP contribution >= 0.6 is 15.9 Å². The molecule has 0 unspecified atom stereocenters. The monoisotopic (exact) mass is 324 g/mol.